The van der Waals surface area contributed by atoms with Crippen LogP contribution in [0.3, 0.4) is 0 Å². The van der Waals surface area contributed by atoms with Crippen molar-refractivity contribution in [3.8, 4) is 0 Å². The van der Waals surface area contributed by atoms with E-state index in [9.17, 15) is 19.6 Å². The van der Waals surface area contributed by atoms with Crippen molar-refractivity contribution in [3.05, 3.63) is 74.5 Å². The highest BCUT2D eigenvalue weighted by Gasteiger charge is 2.22. The maximum absolute atomic E-state index is 12.9. The van der Waals surface area contributed by atoms with E-state index < -0.39 is 10.5 Å². The first kappa shape index (κ1) is 17.3. The maximum atomic E-state index is 12.9. The SMILES string of the molecule is CC(O)(CNCc1ccc(Cl)c([N+](=O)[O-])c1)c1ccc(F)cc1. The topological polar surface area (TPSA) is 75.4 Å². The Kier molecular flexibility index (Phi) is 5.30. The molecule has 0 aliphatic carbocycles. The second-order valence-corrected chi connectivity index (χ2v) is 5.83. The van der Waals surface area contributed by atoms with Crippen LogP contribution in [0.25, 0.3) is 0 Å². The van der Waals surface area contributed by atoms with Crippen molar-refractivity contribution >= 4 is 17.3 Å². The lowest BCUT2D eigenvalue weighted by Crippen LogP contribution is -2.35. The molecular formula is C16H16ClFN2O3. The summed E-state index contributed by atoms with van der Waals surface area (Å²) in [5.74, 6) is -0.369. The van der Waals surface area contributed by atoms with E-state index >= 15 is 0 Å². The molecule has 2 N–H and O–H groups in total. The maximum Gasteiger partial charge on any atom is 0.288 e. The molecule has 5 nitrogen and oxygen atoms in total. The Labute approximate surface area is 137 Å². The summed E-state index contributed by atoms with van der Waals surface area (Å²) < 4.78 is 12.9. The molecular weight excluding hydrogens is 323 g/mol. The van der Waals surface area contributed by atoms with Crippen LogP contribution in [0.2, 0.25) is 5.02 Å². The minimum absolute atomic E-state index is 0.0806. The van der Waals surface area contributed by atoms with Gasteiger partial charge in [-0.2, -0.15) is 0 Å². The molecule has 0 radical (unpaired) electrons. The number of rotatable bonds is 6. The molecule has 0 bridgehead atoms. The second kappa shape index (κ2) is 7.04. The Morgan fingerprint density at radius 3 is 2.57 bits per heavy atom. The summed E-state index contributed by atoms with van der Waals surface area (Å²) in [5, 5.41) is 24.4. The van der Waals surface area contributed by atoms with E-state index in [4.69, 9.17) is 11.6 Å². The van der Waals surface area contributed by atoms with Gasteiger partial charge in [0, 0.05) is 19.2 Å². The van der Waals surface area contributed by atoms with Crippen LogP contribution in [0.1, 0.15) is 18.1 Å². The summed E-state index contributed by atoms with van der Waals surface area (Å²) in [4.78, 5) is 10.3. The van der Waals surface area contributed by atoms with Crippen LogP contribution >= 0.6 is 11.6 Å². The lowest BCUT2D eigenvalue weighted by atomic mass is 9.96. The molecule has 0 amide bonds. The number of nitro benzene ring substituents is 1. The van der Waals surface area contributed by atoms with Gasteiger partial charge in [0.05, 0.1) is 10.5 Å². The molecule has 0 fully saturated rings. The molecule has 0 aromatic heterocycles. The van der Waals surface area contributed by atoms with Crippen molar-refractivity contribution in [1.82, 2.24) is 5.32 Å². The largest absolute Gasteiger partial charge is 0.384 e. The molecule has 0 aliphatic heterocycles. The number of nitro groups is 1. The third-order valence-electron chi connectivity index (χ3n) is 3.47. The molecule has 0 saturated carbocycles. The summed E-state index contributed by atoms with van der Waals surface area (Å²) in [6, 6.07) is 10.1. The second-order valence-electron chi connectivity index (χ2n) is 5.43. The fourth-order valence-corrected chi connectivity index (χ4v) is 2.36. The van der Waals surface area contributed by atoms with Gasteiger partial charge in [-0.3, -0.25) is 10.1 Å². The molecule has 0 spiro atoms. The number of nitrogens with zero attached hydrogens (tertiary/aromatic N) is 1. The summed E-state index contributed by atoms with van der Waals surface area (Å²) in [6.45, 7) is 2.14. The number of benzene rings is 2. The van der Waals surface area contributed by atoms with Crippen LogP contribution in [-0.4, -0.2) is 16.6 Å². The van der Waals surface area contributed by atoms with E-state index in [1.807, 2.05) is 0 Å². The molecule has 1 unspecified atom stereocenters. The van der Waals surface area contributed by atoms with Gasteiger partial charge in [-0.15, -0.1) is 0 Å². The molecule has 1 atom stereocenters. The van der Waals surface area contributed by atoms with Crippen molar-refractivity contribution in [2.75, 3.05) is 6.54 Å². The Hall–Kier alpha value is -2.02. The van der Waals surface area contributed by atoms with Gasteiger partial charge in [0.1, 0.15) is 10.8 Å². The van der Waals surface area contributed by atoms with Gasteiger partial charge in [0.15, 0.2) is 0 Å². The predicted molar refractivity (Wildman–Crippen MR) is 85.8 cm³/mol. The van der Waals surface area contributed by atoms with E-state index in [0.717, 1.165) is 0 Å². The van der Waals surface area contributed by atoms with Crippen LogP contribution in [0, 0.1) is 15.9 Å². The minimum Gasteiger partial charge on any atom is -0.384 e. The zero-order chi connectivity index (χ0) is 17.0. The molecule has 2 aromatic carbocycles. The normalized spacial score (nSPS) is 13.6. The molecule has 122 valence electrons. The standard InChI is InChI=1S/C16H16ClFN2O3/c1-16(21,12-3-5-13(18)6-4-12)10-19-9-11-2-7-14(17)15(8-11)20(22)23/h2-8,19,21H,9-10H2,1H3. The summed E-state index contributed by atoms with van der Waals surface area (Å²) >= 11 is 5.76. The first-order valence-corrected chi connectivity index (χ1v) is 7.29. The van der Waals surface area contributed by atoms with Crippen LogP contribution < -0.4 is 5.32 Å². The quantitative estimate of drug-likeness (QED) is 0.625. The van der Waals surface area contributed by atoms with E-state index in [2.05, 4.69) is 5.32 Å². The highest BCUT2D eigenvalue weighted by molar-refractivity contribution is 6.32. The predicted octanol–water partition coefficient (Wildman–Crippen LogP) is 3.38. The third-order valence-corrected chi connectivity index (χ3v) is 3.79. The number of nitrogens with one attached hydrogen (secondary N) is 1. The van der Waals surface area contributed by atoms with Crippen molar-refractivity contribution in [3.63, 3.8) is 0 Å². The number of hydrogen-bond donors (Lipinski definition) is 2. The van der Waals surface area contributed by atoms with Gasteiger partial charge in [-0.25, -0.2) is 4.39 Å². The third kappa shape index (κ3) is 4.48. The van der Waals surface area contributed by atoms with E-state index in [1.165, 1.54) is 36.4 Å². The number of aliphatic hydroxyl groups is 1. The van der Waals surface area contributed by atoms with Gasteiger partial charge in [0.2, 0.25) is 0 Å². The van der Waals surface area contributed by atoms with Crippen molar-refractivity contribution in [2.45, 2.75) is 19.1 Å². The molecule has 0 saturated heterocycles. The summed E-state index contributed by atoms with van der Waals surface area (Å²) in [6.07, 6.45) is 0. The fraction of sp³-hybridized carbons (Fsp3) is 0.250. The van der Waals surface area contributed by atoms with Gasteiger partial charge in [-0.1, -0.05) is 29.8 Å². The van der Waals surface area contributed by atoms with Gasteiger partial charge < -0.3 is 10.4 Å². The average molecular weight is 339 g/mol. The van der Waals surface area contributed by atoms with Crippen LogP contribution in [-0.2, 0) is 12.1 Å². The minimum atomic E-state index is -1.19. The fourth-order valence-electron chi connectivity index (χ4n) is 2.17. The molecule has 0 heterocycles. The lowest BCUT2D eigenvalue weighted by Gasteiger charge is -2.24. The molecule has 2 rings (SSSR count). The van der Waals surface area contributed by atoms with E-state index in [0.29, 0.717) is 17.7 Å². The Balaban J connectivity index is 2.00. The molecule has 2 aromatic rings. The average Bonchev–Trinajstić information content (AvgIpc) is 2.49. The highest BCUT2D eigenvalue weighted by atomic mass is 35.5. The van der Waals surface area contributed by atoms with E-state index in [1.54, 1.807) is 13.0 Å². The zero-order valence-corrected chi connectivity index (χ0v) is 13.2. The Morgan fingerprint density at radius 1 is 1.30 bits per heavy atom. The van der Waals surface area contributed by atoms with Gasteiger partial charge in [-0.05, 0) is 36.2 Å². The zero-order valence-electron chi connectivity index (χ0n) is 12.4. The monoisotopic (exact) mass is 338 g/mol. The molecule has 0 aliphatic rings. The summed E-state index contributed by atoms with van der Waals surface area (Å²) in [5.41, 5.74) is -0.0905. The molecule has 23 heavy (non-hydrogen) atoms. The van der Waals surface area contributed by atoms with Gasteiger partial charge in [0.25, 0.3) is 5.69 Å². The first-order valence-electron chi connectivity index (χ1n) is 6.91. The lowest BCUT2D eigenvalue weighted by molar-refractivity contribution is -0.384. The van der Waals surface area contributed by atoms with Crippen LogP contribution in [0.4, 0.5) is 10.1 Å². The van der Waals surface area contributed by atoms with Crippen molar-refractivity contribution in [1.29, 1.82) is 0 Å². The molecule has 7 heteroatoms. The first-order chi connectivity index (χ1) is 10.8. The smallest absolute Gasteiger partial charge is 0.288 e. The highest BCUT2D eigenvalue weighted by Crippen LogP contribution is 2.25. The van der Waals surface area contributed by atoms with Gasteiger partial charge >= 0.3 is 0 Å². The Morgan fingerprint density at radius 2 is 1.96 bits per heavy atom. The summed E-state index contributed by atoms with van der Waals surface area (Å²) in [7, 11) is 0. The van der Waals surface area contributed by atoms with Crippen LogP contribution in [0.15, 0.2) is 42.5 Å². The Bertz CT molecular complexity index is 705. The van der Waals surface area contributed by atoms with Crippen molar-refractivity contribution in [2.24, 2.45) is 0 Å². The number of hydrogen-bond acceptors (Lipinski definition) is 4. The van der Waals surface area contributed by atoms with E-state index in [-0.39, 0.29) is 23.1 Å². The number of halogens is 2. The van der Waals surface area contributed by atoms with Crippen LogP contribution in [0.5, 0.6) is 0 Å². The van der Waals surface area contributed by atoms with Crippen molar-refractivity contribution < 1.29 is 14.4 Å².